The van der Waals surface area contributed by atoms with Gasteiger partial charge in [0.2, 0.25) is 0 Å². The van der Waals surface area contributed by atoms with Gasteiger partial charge in [0.25, 0.3) is 5.91 Å². The molecular weight excluding hydrogens is 500 g/mol. The van der Waals surface area contributed by atoms with E-state index in [2.05, 4.69) is 20.9 Å². The van der Waals surface area contributed by atoms with Crippen LogP contribution in [0.1, 0.15) is 31.9 Å². The first-order valence-electron chi connectivity index (χ1n) is 10.1. The second kappa shape index (κ2) is 11.1. The van der Waals surface area contributed by atoms with Crippen LogP contribution in [-0.4, -0.2) is 35.7 Å². The number of carbonyl (C=O) groups is 1. The summed E-state index contributed by atoms with van der Waals surface area (Å²) < 4.78 is 12.6. The lowest BCUT2D eigenvalue weighted by molar-refractivity contribution is -0.122. The van der Waals surface area contributed by atoms with Crippen LogP contribution in [0.25, 0.3) is 6.08 Å². The summed E-state index contributed by atoms with van der Waals surface area (Å²) in [6.07, 6.45) is 1.86. The number of hydrogen-bond acceptors (Lipinski definition) is 5. The largest absolute Gasteiger partial charge is 0.490 e. The van der Waals surface area contributed by atoms with Gasteiger partial charge >= 0.3 is 0 Å². The minimum Gasteiger partial charge on any atom is -0.490 e. The van der Waals surface area contributed by atoms with Crippen molar-refractivity contribution >= 4 is 56.4 Å². The highest BCUT2D eigenvalue weighted by atomic mass is 79.9. The summed E-state index contributed by atoms with van der Waals surface area (Å²) in [4.78, 5) is 19.5. The Morgan fingerprint density at radius 3 is 2.65 bits per heavy atom. The molecule has 0 aromatic heterocycles. The fraction of sp³-hybridized carbons (Fsp3) is 0.304. The summed E-state index contributed by atoms with van der Waals surface area (Å²) in [7, 11) is 0. The fourth-order valence-electron chi connectivity index (χ4n) is 3.03. The van der Waals surface area contributed by atoms with Crippen molar-refractivity contribution in [1.82, 2.24) is 4.90 Å². The van der Waals surface area contributed by atoms with Crippen LogP contribution in [-0.2, 0) is 11.4 Å². The van der Waals surface area contributed by atoms with Crippen molar-refractivity contribution in [2.24, 2.45) is 4.99 Å². The third-order valence-corrected chi connectivity index (χ3v) is 6.46. The smallest absolute Gasteiger partial charge is 0.266 e. The Bertz CT molecular complexity index is 1030. The van der Waals surface area contributed by atoms with Crippen molar-refractivity contribution in [3.8, 4) is 11.5 Å². The van der Waals surface area contributed by atoms with Gasteiger partial charge in [0, 0.05) is 23.7 Å². The molecule has 0 N–H and O–H groups in total. The average molecular weight is 524 g/mol. The molecule has 0 unspecified atom stereocenters. The standard InChI is InChI=1S/C23H24BrClN2O3S/c1-4-26-23-27(5-2)22(28)20(31-23)13-15-11-17(24)21(19(12-15)29-6-3)30-14-16-9-7-8-10-18(16)25/h7-13H,4-6,14H2,1-3H3/b20-13-,26-23?. The van der Waals surface area contributed by atoms with Crippen LogP contribution >= 0.6 is 39.3 Å². The lowest BCUT2D eigenvalue weighted by Crippen LogP contribution is -2.28. The summed E-state index contributed by atoms with van der Waals surface area (Å²) in [6.45, 7) is 7.85. The first-order valence-corrected chi connectivity index (χ1v) is 12.1. The zero-order valence-corrected chi connectivity index (χ0v) is 20.8. The summed E-state index contributed by atoms with van der Waals surface area (Å²) in [6, 6.07) is 11.4. The zero-order valence-electron chi connectivity index (χ0n) is 17.7. The van der Waals surface area contributed by atoms with Crippen LogP contribution in [0.4, 0.5) is 0 Å². The molecule has 164 valence electrons. The van der Waals surface area contributed by atoms with Crippen LogP contribution in [0.15, 0.2) is 50.8 Å². The van der Waals surface area contributed by atoms with E-state index in [1.807, 2.05) is 63.2 Å². The van der Waals surface area contributed by atoms with E-state index in [9.17, 15) is 4.79 Å². The normalized spacial score (nSPS) is 16.4. The maximum Gasteiger partial charge on any atom is 0.266 e. The molecule has 1 saturated heterocycles. The number of amides is 1. The number of benzene rings is 2. The van der Waals surface area contributed by atoms with Crippen molar-refractivity contribution in [1.29, 1.82) is 0 Å². The average Bonchev–Trinajstić information content (AvgIpc) is 3.03. The van der Waals surface area contributed by atoms with Gasteiger partial charge < -0.3 is 9.47 Å². The minimum atomic E-state index is -0.0344. The molecule has 31 heavy (non-hydrogen) atoms. The van der Waals surface area contributed by atoms with E-state index in [0.717, 1.165) is 20.8 Å². The molecule has 8 heteroatoms. The van der Waals surface area contributed by atoms with Crippen LogP contribution in [0, 0.1) is 0 Å². The number of ether oxygens (including phenoxy) is 2. The molecular formula is C23H24BrClN2O3S. The molecule has 1 amide bonds. The number of thioether (sulfide) groups is 1. The van der Waals surface area contributed by atoms with Gasteiger partial charge in [0.05, 0.1) is 16.0 Å². The Labute approximate surface area is 200 Å². The van der Waals surface area contributed by atoms with E-state index < -0.39 is 0 Å². The van der Waals surface area contributed by atoms with E-state index in [-0.39, 0.29) is 5.91 Å². The molecule has 0 aliphatic carbocycles. The Kier molecular flexibility index (Phi) is 8.46. The molecule has 1 fully saturated rings. The fourth-order valence-corrected chi connectivity index (χ4v) is 4.90. The van der Waals surface area contributed by atoms with Crippen molar-refractivity contribution < 1.29 is 14.3 Å². The van der Waals surface area contributed by atoms with Crippen LogP contribution in [0.3, 0.4) is 0 Å². The number of rotatable bonds is 8. The SMILES string of the molecule is CCN=C1S/C(=C\c2cc(Br)c(OCc3ccccc3Cl)c(OCC)c2)C(=O)N1CC. The molecule has 1 aliphatic rings. The maximum atomic E-state index is 12.8. The highest BCUT2D eigenvalue weighted by molar-refractivity contribution is 9.10. The summed E-state index contributed by atoms with van der Waals surface area (Å²) in [5.74, 6) is 1.16. The quantitative estimate of drug-likeness (QED) is 0.376. The number of nitrogens with zero attached hydrogens (tertiary/aromatic N) is 2. The van der Waals surface area contributed by atoms with Gasteiger partial charge in [-0.1, -0.05) is 29.8 Å². The third kappa shape index (κ3) is 5.64. The topological polar surface area (TPSA) is 51.1 Å². The molecule has 0 atom stereocenters. The molecule has 3 rings (SSSR count). The molecule has 2 aromatic rings. The maximum absolute atomic E-state index is 12.8. The van der Waals surface area contributed by atoms with Gasteiger partial charge in [-0.05, 0) is 78.3 Å². The predicted molar refractivity (Wildman–Crippen MR) is 132 cm³/mol. The number of likely N-dealkylation sites (N-methyl/N-ethyl adjacent to an activating group) is 1. The minimum absolute atomic E-state index is 0.0344. The molecule has 0 bridgehead atoms. The van der Waals surface area contributed by atoms with Crippen LogP contribution in [0.5, 0.6) is 11.5 Å². The van der Waals surface area contributed by atoms with Gasteiger partial charge in [0.15, 0.2) is 16.7 Å². The molecule has 1 aliphatic heterocycles. The number of aliphatic imine (C=N–C) groups is 1. The second-order valence-electron chi connectivity index (χ2n) is 6.56. The van der Waals surface area contributed by atoms with E-state index in [1.54, 1.807) is 4.90 Å². The molecule has 2 aromatic carbocycles. The predicted octanol–water partition coefficient (Wildman–Crippen LogP) is 6.39. The van der Waals surface area contributed by atoms with Gasteiger partial charge in [-0.15, -0.1) is 0 Å². The first-order chi connectivity index (χ1) is 15.0. The van der Waals surface area contributed by atoms with Crippen molar-refractivity contribution in [3.05, 3.63) is 61.9 Å². The van der Waals surface area contributed by atoms with Crippen molar-refractivity contribution in [3.63, 3.8) is 0 Å². The molecule has 0 spiro atoms. The molecule has 0 saturated carbocycles. The van der Waals surface area contributed by atoms with E-state index in [4.69, 9.17) is 21.1 Å². The van der Waals surface area contributed by atoms with E-state index >= 15 is 0 Å². The highest BCUT2D eigenvalue weighted by Crippen LogP contribution is 2.40. The number of carbonyl (C=O) groups excluding carboxylic acids is 1. The van der Waals surface area contributed by atoms with Crippen LogP contribution in [0.2, 0.25) is 5.02 Å². The van der Waals surface area contributed by atoms with Crippen molar-refractivity contribution in [2.45, 2.75) is 27.4 Å². The van der Waals surface area contributed by atoms with Crippen LogP contribution < -0.4 is 9.47 Å². The Balaban J connectivity index is 1.89. The summed E-state index contributed by atoms with van der Waals surface area (Å²) in [5.41, 5.74) is 1.73. The van der Waals surface area contributed by atoms with E-state index in [1.165, 1.54) is 11.8 Å². The zero-order chi connectivity index (χ0) is 22.4. The lowest BCUT2D eigenvalue weighted by Gasteiger charge is -2.15. The van der Waals surface area contributed by atoms with Crippen molar-refractivity contribution in [2.75, 3.05) is 19.7 Å². The van der Waals surface area contributed by atoms with Gasteiger partial charge in [-0.2, -0.15) is 0 Å². The monoisotopic (exact) mass is 522 g/mol. The second-order valence-corrected chi connectivity index (χ2v) is 8.83. The van der Waals surface area contributed by atoms with Gasteiger partial charge in [-0.25, -0.2) is 0 Å². The van der Waals surface area contributed by atoms with Gasteiger partial charge in [0.1, 0.15) is 6.61 Å². The molecule has 1 heterocycles. The Morgan fingerprint density at radius 2 is 1.97 bits per heavy atom. The first kappa shape index (κ1) is 23.7. The molecule has 5 nitrogen and oxygen atoms in total. The summed E-state index contributed by atoms with van der Waals surface area (Å²) in [5, 5.41) is 1.39. The number of hydrogen-bond donors (Lipinski definition) is 0. The highest BCUT2D eigenvalue weighted by Gasteiger charge is 2.32. The van der Waals surface area contributed by atoms with Gasteiger partial charge in [-0.3, -0.25) is 14.7 Å². The van der Waals surface area contributed by atoms with E-state index in [0.29, 0.717) is 47.7 Å². The number of halogens is 2. The number of amidine groups is 1. The Morgan fingerprint density at radius 1 is 1.19 bits per heavy atom. The Hall–Kier alpha value is -1.96. The lowest BCUT2D eigenvalue weighted by atomic mass is 10.1. The molecule has 0 radical (unpaired) electrons. The third-order valence-electron chi connectivity index (χ3n) is 4.46. The summed E-state index contributed by atoms with van der Waals surface area (Å²) >= 11 is 11.2.